The van der Waals surface area contributed by atoms with Crippen molar-refractivity contribution in [1.82, 2.24) is 0 Å². The normalized spacial score (nSPS) is 14.8. The second-order valence-corrected chi connectivity index (χ2v) is 9.85. The molecule has 1 unspecified atom stereocenters. The van der Waals surface area contributed by atoms with Crippen LogP contribution in [0.2, 0.25) is 0 Å². The molecule has 0 saturated carbocycles. The van der Waals surface area contributed by atoms with Gasteiger partial charge in [-0.1, -0.05) is 80.4 Å². The zero-order valence-corrected chi connectivity index (χ0v) is 12.0. The highest BCUT2D eigenvalue weighted by Gasteiger charge is 2.27. The summed E-state index contributed by atoms with van der Waals surface area (Å²) in [6.07, 6.45) is 5.22. The van der Waals surface area contributed by atoms with Crippen molar-refractivity contribution in [2.75, 3.05) is 0 Å². The van der Waals surface area contributed by atoms with E-state index in [1.54, 1.807) is 0 Å². The molecule has 0 heterocycles. The van der Waals surface area contributed by atoms with Gasteiger partial charge in [-0.3, -0.25) is 0 Å². The molecule has 1 atom stereocenters. The summed E-state index contributed by atoms with van der Waals surface area (Å²) >= 11 is 9.89. The second kappa shape index (κ2) is 6.80. The molecule has 0 aromatic carbocycles. The second-order valence-electron chi connectivity index (χ2n) is 2.91. The van der Waals surface area contributed by atoms with Gasteiger partial charge in [0.1, 0.15) is 0 Å². The fourth-order valence-electron chi connectivity index (χ4n) is 0.928. The van der Waals surface area contributed by atoms with Crippen LogP contribution in [0.25, 0.3) is 0 Å². The van der Waals surface area contributed by atoms with E-state index in [-0.39, 0.29) is 6.10 Å². The molecule has 1 nitrogen and oxygen atoms in total. The first-order chi connectivity index (χ1) is 5.48. The number of halogens is 3. The molecule has 0 aromatic heterocycles. The van der Waals surface area contributed by atoms with E-state index in [1.165, 1.54) is 19.3 Å². The predicted octanol–water partition coefficient (Wildman–Crippen LogP) is 4.16. The van der Waals surface area contributed by atoms with Crippen molar-refractivity contribution in [2.45, 2.75) is 47.3 Å². The minimum Gasteiger partial charge on any atom is -0.390 e. The van der Waals surface area contributed by atoms with Crippen LogP contribution in [-0.4, -0.2) is 13.4 Å². The van der Waals surface area contributed by atoms with Gasteiger partial charge in [0.25, 0.3) is 0 Å². The molecule has 0 amide bonds. The van der Waals surface area contributed by atoms with Crippen LogP contribution in [0.15, 0.2) is 0 Å². The largest absolute Gasteiger partial charge is 0.390 e. The lowest BCUT2D eigenvalue weighted by molar-refractivity contribution is 0.175. The number of unbranched alkanes of at least 4 members (excludes halogenated alkanes) is 3. The van der Waals surface area contributed by atoms with Crippen LogP contribution in [0.5, 0.6) is 0 Å². The maximum Gasteiger partial charge on any atom is 0.160 e. The Balaban J connectivity index is 3.38. The molecular weight excluding hydrogens is 352 g/mol. The van der Waals surface area contributed by atoms with E-state index in [1.807, 2.05) is 0 Å². The third-order valence-electron chi connectivity index (χ3n) is 1.71. The molecule has 0 aliphatic rings. The van der Waals surface area contributed by atoms with E-state index in [2.05, 4.69) is 54.7 Å². The minimum absolute atomic E-state index is 0.380. The average molecular weight is 367 g/mol. The first-order valence-electron chi connectivity index (χ1n) is 4.23. The maximum absolute atomic E-state index is 9.54. The number of aliphatic hydroxyl groups excluding tert-OH is 1. The van der Waals surface area contributed by atoms with Gasteiger partial charge in [0.05, 0.1) is 6.10 Å². The number of aliphatic hydroxyl groups is 1. The summed E-state index contributed by atoms with van der Waals surface area (Å²) in [5.41, 5.74) is 0. The zero-order valence-electron chi connectivity index (χ0n) is 7.19. The van der Waals surface area contributed by atoms with Crippen LogP contribution in [0.1, 0.15) is 39.0 Å². The number of alkyl halides is 3. The van der Waals surface area contributed by atoms with Crippen molar-refractivity contribution in [2.24, 2.45) is 0 Å². The fraction of sp³-hybridized carbons (Fsp3) is 1.00. The van der Waals surface area contributed by atoms with Crippen molar-refractivity contribution in [3.8, 4) is 0 Å². The third-order valence-corrected chi connectivity index (χ3v) is 3.29. The standard InChI is InChI=1S/C8H15Br3O/c1-2-3-4-5-6-7(12)8(9,10)11/h7,12H,2-6H2,1H3. The summed E-state index contributed by atoms with van der Waals surface area (Å²) in [4.78, 5) is 0. The van der Waals surface area contributed by atoms with Gasteiger partial charge in [-0.15, -0.1) is 0 Å². The van der Waals surface area contributed by atoms with Crippen LogP contribution in [-0.2, 0) is 0 Å². The van der Waals surface area contributed by atoms with E-state index < -0.39 is 2.14 Å². The molecule has 4 heteroatoms. The highest BCUT2D eigenvalue weighted by Crippen LogP contribution is 2.38. The molecule has 1 N–H and O–H groups in total. The average Bonchev–Trinajstić information content (AvgIpc) is 1.96. The molecule has 0 spiro atoms. The summed E-state index contributed by atoms with van der Waals surface area (Å²) in [6, 6.07) is 0. The quantitative estimate of drug-likeness (QED) is 0.572. The molecular formula is C8H15Br3O. The first-order valence-corrected chi connectivity index (χ1v) is 6.61. The summed E-state index contributed by atoms with van der Waals surface area (Å²) in [5.74, 6) is 0. The highest BCUT2D eigenvalue weighted by atomic mass is 80.0. The van der Waals surface area contributed by atoms with Crippen LogP contribution >= 0.6 is 47.8 Å². The van der Waals surface area contributed by atoms with Gasteiger partial charge in [0.2, 0.25) is 0 Å². The maximum atomic E-state index is 9.54. The number of hydrogen-bond acceptors (Lipinski definition) is 1. The molecule has 0 aliphatic carbocycles. The lowest BCUT2D eigenvalue weighted by Gasteiger charge is -2.19. The van der Waals surface area contributed by atoms with Crippen LogP contribution in [0.4, 0.5) is 0 Å². The Labute approximate surface area is 99.7 Å². The van der Waals surface area contributed by atoms with E-state index in [4.69, 9.17) is 0 Å². The van der Waals surface area contributed by atoms with Crippen LogP contribution in [0.3, 0.4) is 0 Å². The SMILES string of the molecule is CCCCCCC(O)C(Br)(Br)Br. The number of rotatable bonds is 5. The van der Waals surface area contributed by atoms with Gasteiger partial charge >= 0.3 is 0 Å². The first kappa shape index (κ1) is 13.4. The van der Waals surface area contributed by atoms with Gasteiger partial charge in [-0.25, -0.2) is 0 Å². The van der Waals surface area contributed by atoms with Gasteiger partial charge in [-0.2, -0.15) is 0 Å². The monoisotopic (exact) mass is 364 g/mol. The van der Waals surface area contributed by atoms with E-state index >= 15 is 0 Å². The van der Waals surface area contributed by atoms with E-state index in [0.717, 1.165) is 12.8 Å². The Morgan fingerprint density at radius 2 is 1.75 bits per heavy atom. The summed E-state index contributed by atoms with van der Waals surface area (Å²) < 4.78 is -0.501. The number of hydrogen-bond donors (Lipinski definition) is 1. The van der Waals surface area contributed by atoms with Crippen LogP contribution in [0, 0.1) is 0 Å². The van der Waals surface area contributed by atoms with E-state index in [0.29, 0.717) is 0 Å². The Morgan fingerprint density at radius 3 is 2.17 bits per heavy atom. The molecule has 0 saturated heterocycles. The molecule has 0 radical (unpaired) electrons. The smallest absolute Gasteiger partial charge is 0.160 e. The Morgan fingerprint density at radius 1 is 1.17 bits per heavy atom. The fourth-order valence-corrected chi connectivity index (χ4v) is 1.61. The van der Waals surface area contributed by atoms with Crippen molar-refractivity contribution in [3.05, 3.63) is 0 Å². The van der Waals surface area contributed by atoms with Crippen molar-refractivity contribution < 1.29 is 5.11 Å². The van der Waals surface area contributed by atoms with Gasteiger partial charge in [0.15, 0.2) is 2.14 Å². The molecule has 0 bridgehead atoms. The lowest BCUT2D eigenvalue weighted by atomic mass is 10.1. The summed E-state index contributed by atoms with van der Waals surface area (Å²) in [6.45, 7) is 2.18. The van der Waals surface area contributed by atoms with Crippen molar-refractivity contribution in [1.29, 1.82) is 0 Å². The molecule has 0 rings (SSSR count). The van der Waals surface area contributed by atoms with Crippen molar-refractivity contribution >= 4 is 47.8 Å². The Hall–Kier alpha value is 1.40. The zero-order chi connectivity index (χ0) is 9.61. The predicted molar refractivity (Wildman–Crippen MR) is 64.3 cm³/mol. The highest BCUT2D eigenvalue weighted by molar-refractivity contribution is 9.39. The van der Waals surface area contributed by atoms with Gasteiger partial charge in [-0.05, 0) is 6.42 Å². The third kappa shape index (κ3) is 6.87. The van der Waals surface area contributed by atoms with Crippen molar-refractivity contribution in [3.63, 3.8) is 0 Å². The Kier molecular flexibility index (Phi) is 7.59. The molecule has 12 heavy (non-hydrogen) atoms. The molecule has 0 aliphatic heterocycles. The molecule has 0 fully saturated rings. The van der Waals surface area contributed by atoms with E-state index in [9.17, 15) is 5.11 Å². The van der Waals surface area contributed by atoms with Gasteiger partial charge < -0.3 is 5.11 Å². The minimum atomic E-state index is -0.501. The lowest BCUT2D eigenvalue weighted by Crippen LogP contribution is -2.23. The van der Waals surface area contributed by atoms with Gasteiger partial charge in [0, 0.05) is 0 Å². The Bertz CT molecular complexity index is 111. The molecule has 74 valence electrons. The summed E-state index contributed by atoms with van der Waals surface area (Å²) in [7, 11) is 0. The van der Waals surface area contributed by atoms with Crippen LogP contribution < -0.4 is 0 Å². The summed E-state index contributed by atoms with van der Waals surface area (Å²) in [5, 5.41) is 9.54. The topological polar surface area (TPSA) is 20.2 Å². The molecule has 0 aromatic rings.